The van der Waals surface area contributed by atoms with Crippen LogP contribution >= 0.6 is 15.9 Å². The van der Waals surface area contributed by atoms with Crippen molar-refractivity contribution < 1.29 is 5.11 Å². The van der Waals surface area contributed by atoms with Gasteiger partial charge in [-0.2, -0.15) is 0 Å². The van der Waals surface area contributed by atoms with Crippen molar-refractivity contribution in [2.75, 3.05) is 0 Å². The minimum absolute atomic E-state index is 0.360. The fourth-order valence-electron chi connectivity index (χ4n) is 2.84. The molecule has 1 nitrogen and oxygen atoms in total. The molecule has 17 heavy (non-hydrogen) atoms. The highest BCUT2D eigenvalue weighted by atomic mass is 79.9. The van der Waals surface area contributed by atoms with Gasteiger partial charge in [-0.3, -0.25) is 0 Å². The highest BCUT2D eigenvalue weighted by molar-refractivity contribution is 9.09. The molecule has 0 aromatic heterocycles. The minimum atomic E-state index is 0.360. The topological polar surface area (TPSA) is 20.2 Å². The van der Waals surface area contributed by atoms with Gasteiger partial charge in [0.2, 0.25) is 0 Å². The number of phenolic OH excluding ortho intramolecular Hbond substituents is 1. The Bertz CT molecular complexity index is 346. The molecule has 0 spiro atoms. The summed E-state index contributed by atoms with van der Waals surface area (Å²) in [5.41, 5.74) is 1.34. The molecule has 0 aliphatic heterocycles. The summed E-state index contributed by atoms with van der Waals surface area (Å²) in [5.74, 6) is 2.02. The van der Waals surface area contributed by atoms with Crippen LogP contribution in [0.1, 0.15) is 38.2 Å². The summed E-state index contributed by atoms with van der Waals surface area (Å²) in [6, 6.07) is 7.67. The Morgan fingerprint density at radius 1 is 1.24 bits per heavy atom. The van der Waals surface area contributed by atoms with E-state index in [1.54, 1.807) is 12.1 Å². The lowest BCUT2D eigenvalue weighted by Crippen LogP contribution is -2.26. The van der Waals surface area contributed by atoms with Crippen LogP contribution in [0.4, 0.5) is 0 Å². The van der Waals surface area contributed by atoms with Gasteiger partial charge >= 0.3 is 0 Å². The molecule has 2 rings (SSSR count). The van der Waals surface area contributed by atoms with Gasteiger partial charge in [-0.05, 0) is 55.2 Å². The molecule has 1 aliphatic carbocycles. The van der Waals surface area contributed by atoms with Crippen LogP contribution in [0.2, 0.25) is 0 Å². The monoisotopic (exact) mass is 296 g/mol. The first-order chi connectivity index (χ1) is 8.19. The molecule has 0 radical (unpaired) electrons. The van der Waals surface area contributed by atoms with Crippen molar-refractivity contribution in [2.24, 2.45) is 11.8 Å². The number of phenols is 1. The average Bonchev–Trinajstić information content (AvgIpc) is 2.35. The van der Waals surface area contributed by atoms with Gasteiger partial charge < -0.3 is 5.11 Å². The largest absolute Gasteiger partial charge is 0.508 e. The van der Waals surface area contributed by atoms with Crippen molar-refractivity contribution >= 4 is 15.9 Å². The van der Waals surface area contributed by atoms with Crippen molar-refractivity contribution in [3.63, 3.8) is 0 Å². The Hall–Kier alpha value is -0.500. The van der Waals surface area contributed by atoms with E-state index in [2.05, 4.69) is 22.9 Å². The number of alkyl halides is 1. The molecular formula is C15H21BrO. The third-order valence-electron chi connectivity index (χ3n) is 4.01. The molecule has 0 saturated heterocycles. The van der Waals surface area contributed by atoms with Crippen molar-refractivity contribution in [3.8, 4) is 5.75 Å². The second-order valence-corrected chi connectivity index (χ2v) is 6.41. The van der Waals surface area contributed by atoms with E-state index >= 15 is 0 Å². The highest BCUT2D eigenvalue weighted by Gasteiger charge is 2.27. The number of aromatic hydroxyl groups is 1. The molecule has 1 aromatic carbocycles. The normalized spacial score (nSPS) is 29.2. The Labute approximate surface area is 112 Å². The maximum absolute atomic E-state index is 9.29. The Balaban J connectivity index is 1.98. The smallest absolute Gasteiger partial charge is 0.115 e. The van der Waals surface area contributed by atoms with Gasteiger partial charge in [-0.1, -0.05) is 41.4 Å². The summed E-state index contributed by atoms with van der Waals surface area (Å²) in [6.07, 6.45) is 6.46. The lowest BCUT2D eigenvalue weighted by molar-refractivity contribution is 0.271. The number of hydrogen-bond donors (Lipinski definition) is 1. The van der Waals surface area contributed by atoms with Crippen molar-refractivity contribution in [1.82, 2.24) is 0 Å². The first-order valence-electron chi connectivity index (χ1n) is 6.61. The summed E-state index contributed by atoms with van der Waals surface area (Å²) in [5, 5.41) is 9.29. The molecule has 1 aliphatic rings. The molecule has 1 N–H and O–H groups in total. The van der Waals surface area contributed by atoms with E-state index in [0.717, 1.165) is 18.3 Å². The van der Waals surface area contributed by atoms with Crippen molar-refractivity contribution in [3.05, 3.63) is 29.8 Å². The quantitative estimate of drug-likeness (QED) is 0.813. The Kier molecular flexibility index (Phi) is 4.49. The summed E-state index contributed by atoms with van der Waals surface area (Å²) >= 11 is 3.83. The second-order valence-electron chi connectivity index (χ2n) is 5.23. The summed E-state index contributed by atoms with van der Waals surface area (Å²) in [7, 11) is 0. The highest BCUT2D eigenvalue weighted by Crippen LogP contribution is 2.37. The van der Waals surface area contributed by atoms with Crippen LogP contribution in [0.3, 0.4) is 0 Å². The van der Waals surface area contributed by atoms with Gasteiger partial charge in [0.15, 0.2) is 0 Å². The second kappa shape index (κ2) is 5.90. The predicted molar refractivity (Wildman–Crippen MR) is 75.6 cm³/mol. The number of hydrogen-bond acceptors (Lipinski definition) is 1. The zero-order chi connectivity index (χ0) is 12.3. The molecule has 94 valence electrons. The third kappa shape index (κ3) is 3.48. The molecule has 1 aromatic rings. The van der Waals surface area contributed by atoms with E-state index < -0.39 is 0 Å². The number of benzene rings is 1. The van der Waals surface area contributed by atoms with Gasteiger partial charge in [0.05, 0.1) is 0 Å². The van der Waals surface area contributed by atoms with Gasteiger partial charge in [-0.15, -0.1) is 0 Å². The molecule has 3 atom stereocenters. The predicted octanol–water partition coefficient (Wildman–Crippen LogP) is 4.52. The van der Waals surface area contributed by atoms with E-state index in [0.29, 0.717) is 10.6 Å². The molecule has 1 saturated carbocycles. The van der Waals surface area contributed by atoms with E-state index in [9.17, 15) is 5.11 Å². The zero-order valence-corrected chi connectivity index (χ0v) is 12.0. The first-order valence-corrected chi connectivity index (χ1v) is 7.52. The van der Waals surface area contributed by atoms with E-state index in [-0.39, 0.29) is 0 Å². The van der Waals surface area contributed by atoms with Crippen LogP contribution in [-0.2, 0) is 6.42 Å². The standard InChI is InChI=1S/C15H21BrO/c1-2-11-5-8-15(16)13(9-11)10-12-3-6-14(17)7-4-12/h3-4,6-7,11,13,15,17H,2,5,8-10H2,1H3. The molecular weight excluding hydrogens is 276 g/mol. The van der Waals surface area contributed by atoms with Gasteiger partial charge in [0.1, 0.15) is 5.75 Å². The van der Waals surface area contributed by atoms with E-state index in [1.165, 1.54) is 31.2 Å². The molecule has 0 heterocycles. The molecule has 0 amide bonds. The van der Waals surface area contributed by atoms with Crippen LogP contribution in [0.25, 0.3) is 0 Å². The van der Waals surface area contributed by atoms with E-state index in [1.807, 2.05) is 12.1 Å². The zero-order valence-electron chi connectivity index (χ0n) is 10.4. The number of halogens is 1. The van der Waals surface area contributed by atoms with Crippen LogP contribution in [0, 0.1) is 11.8 Å². The van der Waals surface area contributed by atoms with Gasteiger partial charge in [0, 0.05) is 4.83 Å². The fourth-order valence-corrected chi connectivity index (χ4v) is 3.51. The number of rotatable bonds is 3. The van der Waals surface area contributed by atoms with E-state index in [4.69, 9.17) is 0 Å². The minimum Gasteiger partial charge on any atom is -0.508 e. The average molecular weight is 297 g/mol. The van der Waals surface area contributed by atoms with Crippen LogP contribution < -0.4 is 0 Å². The lowest BCUT2D eigenvalue weighted by atomic mass is 9.77. The summed E-state index contributed by atoms with van der Waals surface area (Å²) < 4.78 is 0. The van der Waals surface area contributed by atoms with Crippen molar-refractivity contribution in [2.45, 2.75) is 43.9 Å². The lowest BCUT2D eigenvalue weighted by Gasteiger charge is -2.33. The molecule has 0 bridgehead atoms. The molecule has 3 unspecified atom stereocenters. The van der Waals surface area contributed by atoms with Crippen LogP contribution in [0.15, 0.2) is 24.3 Å². The maximum Gasteiger partial charge on any atom is 0.115 e. The van der Waals surface area contributed by atoms with Gasteiger partial charge in [0.25, 0.3) is 0 Å². The van der Waals surface area contributed by atoms with Crippen LogP contribution in [0.5, 0.6) is 5.75 Å². The van der Waals surface area contributed by atoms with Crippen LogP contribution in [-0.4, -0.2) is 9.93 Å². The van der Waals surface area contributed by atoms with Crippen molar-refractivity contribution in [1.29, 1.82) is 0 Å². The fraction of sp³-hybridized carbons (Fsp3) is 0.600. The SMILES string of the molecule is CCC1CCC(Br)C(Cc2ccc(O)cc2)C1. The molecule has 2 heteroatoms. The molecule has 1 fully saturated rings. The Morgan fingerprint density at radius 2 is 1.94 bits per heavy atom. The first kappa shape index (κ1) is 12.9. The Morgan fingerprint density at radius 3 is 2.59 bits per heavy atom. The summed E-state index contributed by atoms with van der Waals surface area (Å²) in [4.78, 5) is 0.666. The summed E-state index contributed by atoms with van der Waals surface area (Å²) in [6.45, 7) is 2.30. The van der Waals surface area contributed by atoms with Gasteiger partial charge in [-0.25, -0.2) is 0 Å². The third-order valence-corrected chi connectivity index (χ3v) is 5.22. The maximum atomic E-state index is 9.29.